The molecule has 5 heteroatoms. The molecule has 0 saturated heterocycles. The summed E-state index contributed by atoms with van der Waals surface area (Å²) in [5.74, 6) is -0.176. The average Bonchev–Trinajstić information content (AvgIpc) is 2.45. The zero-order valence-electron chi connectivity index (χ0n) is 11.5. The van der Waals surface area contributed by atoms with E-state index in [2.05, 4.69) is 15.3 Å². The normalized spacial score (nSPS) is 11.2. The molecule has 0 fully saturated rings. The zero-order valence-corrected chi connectivity index (χ0v) is 11.5. The Bertz CT molecular complexity index is 574. The van der Waals surface area contributed by atoms with E-state index in [1.165, 1.54) is 6.20 Å². The van der Waals surface area contributed by atoms with Gasteiger partial charge in [-0.05, 0) is 37.6 Å². The highest BCUT2D eigenvalue weighted by atomic mass is 16.3. The lowest BCUT2D eigenvalue weighted by atomic mass is 10.0. The largest absolute Gasteiger partial charge is 0.384 e. The van der Waals surface area contributed by atoms with Crippen LogP contribution >= 0.6 is 0 Å². The molecule has 2 aromatic heterocycles. The van der Waals surface area contributed by atoms with Crippen LogP contribution < -0.4 is 5.32 Å². The van der Waals surface area contributed by atoms with Crippen LogP contribution in [-0.4, -0.2) is 21.0 Å². The van der Waals surface area contributed by atoms with Crippen LogP contribution in [0.25, 0.3) is 0 Å². The fourth-order valence-electron chi connectivity index (χ4n) is 1.67. The van der Waals surface area contributed by atoms with Crippen molar-refractivity contribution in [3.63, 3.8) is 0 Å². The maximum Gasteiger partial charge on any atom is 0.253 e. The first-order chi connectivity index (χ1) is 9.47. The molecule has 5 nitrogen and oxygen atoms in total. The van der Waals surface area contributed by atoms with Gasteiger partial charge in [-0.25, -0.2) is 0 Å². The number of carbonyl (C=O) groups is 1. The van der Waals surface area contributed by atoms with Crippen LogP contribution in [0.4, 0.5) is 0 Å². The van der Waals surface area contributed by atoms with Gasteiger partial charge in [0, 0.05) is 25.1 Å². The van der Waals surface area contributed by atoms with E-state index in [0.29, 0.717) is 17.8 Å². The molecule has 2 heterocycles. The van der Waals surface area contributed by atoms with Crippen molar-refractivity contribution in [2.45, 2.75) is 26.0 Å². The summed E-state index contributed by atoms with van der Waals surface area (Å²) in [4.78, 5) is 19.9. The van der Waals surface area contributed by atoms with E-state index in [1.54, 1.807) is 44.4 Å². The summed E-state index contributed by atoms with van der Waals surface area (Å²) in [7, 11) is 0. The maximum atomic E-state index is 11.8. The molecule has 0 aliphatic rings. The van der Waals surface area contributed by atoms with Crippen LogP contribution in [0.5, 0.6) is 0 Å². The molecule has 104 valence electrons. The van der Waals surface area contributed by atoms with Gasteiger partial charge in [0.25, 0.3) is 5.91 Å². The molecule has 0 atom stereocenters. The molecule has 20 heavy (non-hydrogen) atoms. The van der Waals surface area contributed by atoms with Crippen LogP contribution in [0.15, 0.2) is 42.9 Å². The highest BCUT2D eigenvalue weighted by molar-refractivity contribution is 5.93. The topological polar surface area (TPSA) is 75.1 Å². The van der Waals surface area contributed by atoms with Crippen molar-refractivity contribution in [1.82, 2.24) is 15.3 Å². The molecule has 0 aliphatic heterocycles. The van der Waals surface area contributed by atoms with Crippen LogP contribution in [0.2, 0.25) is 0 Å². The van der Waals surface area contributed by atoms with Gasteiger partial charge in [-0.1, -0.05) is 6.07 Å². The Balaban J connectivity index is 1.96. The molecule has 1 amide bonds. The molecule has 2 N–H and O–H groups in total. The molecule has 0 spiro atoms. The Kier molecular flexibility index (Phi) is 4.10. The Morgan fingerprint density at radius 1 is 1.30 bits per heavy atom. The quantitative estimate of drug-likeness (QED) is 0.886. The standard InChI is InChI=1S/C15H17N3O2/c1-15(2,20)13-6-5-11(8-17-13)9-18-14(19)12-4-3-7-16-10-12/h3-8,10,20H,9H2,1-2H3,(H,18,19). The summed E-state index contributed by atoms with van der Waals surface area (Å²) in [6.07, 6.45) is 4.79. The van der Waals surface area contributed by atoms with E-state index in [1.807, 2.05) is 6.07 Å². The molecule has 2 aromatic rings. The third kappa shape index (κ3) is 3.61. The summed E-state index contributed by atoms with van der Waals surface area (Å²) >= 11 is 0. The number of rotatable bonds is 4. The second-order valence-electron chi connectivity index (χ2n) is 5.04. The SMILES string of the molecule is CC(C)(O)c1ccc(CNC(=O)c2cccnc2)cn1. The van der Waals surface area contributed by atoms with Crippen molar-refractivity contribution < 1.29 is 9.90 Å². The van der Waals surface area contributed by atoms with Crippen LogP contribution in [0, 0.1) is 0 Å². The highest BCUT2D eigenvalue weighted by Gasteiger charge is 2.17. The lowest BCUT2D eigenvalue weighted by Gasteiger charge is -2.16. The predicted octanol–water partition coefficient (Wildman–Crippen LogP) is 1.63. The molecule has 0 saturated carbocycles. The van der Waals surface area contributed by atoms with Crippen molar-refractivity contribution in [1.29, 1.82) is 0 Å². The fourth-order valence-corrected chi connectivity index (χ4v) is 1.67. The molecule has 2 rings (SSSR count). The van der Waals surface area contributed by atoms with Gasteiger partial charge in [-0.2, -0.15) is 0 Å². The summed E-state index contributed by atoms with van der Waals surface area (Å²) in [6.45, 7) is 3.74. The molecule has 0 bridgehead atoms. The molecule has 0 unspecified atom stereocenters. The minimum atomic E-state index is -0.961. The first-order valence-electron chi connectivity index (χ1n) is 6.33. The minimum absolute atomic E-state index is 0.176. The number of amides is 1. The van der Waals surface area contributed by atoms with Gasteiger partial charge in [0.1, 0.15) is 5.60 Å². The van der Waals surface area contributed by atoms with Crippen molar-refractivity contribution in [2.75, 3.05) is 0 Å². The van der Waals surface area contributed by atoms with Gasteiger partial charge in [-0.15, -0.1) is 0 Å². The van der Waals surface area contributed by atoms with E-state index in [-0.39, 0.29) is 5.91 Å². The summed E-state index contributed by atoms with van der Waals surface area (Å²) in [5, 5.41) is 12.6. The van der Waals surface area contributed by atoms with Crippen molar-refractivity contribution >= 4 is 5.91 Å². The number of aliphatic hydroxyl groups is 1. The molecular formula is C15H17N3O2. The van der Waals surface area contributed by atoms with E-state index >= 15 is 0 Å². The van der Waals surface area contributed by atoms with E-state index < -0.39 is 5.60 Å². The van der Waals surface area contributed by atoms with E-state index in [9.17, 15) is 9.90 Å². The average molecular weight is 271 g/mol. The van der Waals surface area contributed by atoms with Crippen molar-refractivity contribution in [3.05, 3.63) is 59.7 Å². The lowest BCUT2D eigenvalue weighted by Crippen LogP contribution is -2.23. The maximum absolute atomic E-state index is 11.8. The first kappa shape index (κ1) is 14.1. The minimum Gasteiger partial charge on any atom is -0.384 e. The van der Waals surface area contributed by atoms with Crippen molar-refractivity contribution in [2.24, 2.45) is 0 Å². The van der Waals surface area contributed by atoms with Crippen LogP contribution in [0.1, 0.15) is 35.5 Å². The second-order valence-corrected chi connectivity index (χ2v) is 5.04. The van der Waals surface area contributed by atoms with Crippen molar-refractivity contribution in [3.8, 4) is 0 Å². The molecule has 0 aliphatic carbocycles. The van der Waals surface area contributed by atoms with Gasteiger partial charge >= 0.3 is 0 Å². The van der Waals surface area contributed by atoms with Gasteiger partial charge < -0.3 is 10.4 Å². The molecule has 0 aromatic carbocycles. The van der Waals surface area contributed by atoms with E-state index in [4.69, 9.17) is 0 Å². The van der Waals surface area contributed by atoms with Gasteiger partial charge in [0.15, 0.2) is 0 Å². The fraction of sp³-hybridized carbons (Fsp3) is 0.267. The zero-order chi connectivity index (χ0) is 14.6. The summed E-state index contributed by atoms with van der Waals surface area (Å²) < 4.78 is 0. The molecule has 0 radical (unpaired) electrons. The van der Waals surface area contributed by atoms with Gasteiger partial charge in [0.2, 0.25) is 0 Å². The number of aromatic nitrogens is 2. The van der Waals surface area contributed by atoms with E-state index in [0.717, 1.165) is 5.56 Å². The number of nitrogens with zero attached hydrogens (tertiary/aromatic N) is 2. The smallest absolute Gasteiger partial charge is 0.253 e. The third-order valence-corrected chi connectivity index (χ3v) is 2.83. The number of hydrogen-bond donors (Lipinski definition) is 2. The Morgan fingerprint density at radius 3 is 2.65 bits per heavy atom. The Hall–Kier alpha value is -2.27. The molecular weight excluding hydrogens is 254 g/mol. The monoisotopic (exact) mass is 271 g/mol. The second kappa shape index (κ2) is 5.79. The highest BCUT2D eigenvalue weighted by Crippen LogP contribution is 2.16. The van der Waals surface area contributed by atoms with Crippen LogP contribution in [-0.2, 0) is 12.1 Å². The van der Waals surface area contributed by atoms with Crippen LogP contribution in [0.3, 0.4) is 0 Å². The number of carbonyl (C=O) groups excluding carboxylic acids is 1. The Labute approximate surface area is 117 Å². The van der Waals surface area contributed by atoms with Gasteiger partial charge in [-0.3, -0.25) is 14.8 Å². The Morgan fingerprint density at radius 2 is 2.10 bits per heavy atom. The number of hydrogen-bond acceptors (Lipinski definition) is 4. The predicted molar refractivity (Wildman–Crippen MR) is 74.9 cm³/mol. The lowest BCUT2D eigenvalue weighted by molar-refractivity contribution is 0.0738. The summed E-state index contributed by atoms with van der Waals surface area (Å²) in [5.41, 5.74) is 1.03. The third-order valence-electron chi connectivity index (χ3n) is 2.83. The number of nitrogens with one attached hydrogen (secondary N) is 1. The summed E-state index contributed by atoms with van der Waals surface area (Å²) in [6, 6.07) is 7.02. The number of pyridine rings is 2. The van der Waals surface area contributed by atoms with Gasteiger partial charge in [0.05, 0.1) is 11.3 Å². The first-order valence-corrected chi connectivity index (χ1v) is 6.33.